The summed E-state index contributed by atoms with van der Waals surface area (Å²) >= 11 is 4.15. The molecule has 5 nitrogen and oxygen atoms in total. The fraction of sp³-hybridized carbons (Fsp3) is 1.00. The van der Waals surface area contributed by atoms with Crippen LogP contribution in [0.2, 0.25) is 0 Å². The van der Waals surface area contributed by atoms with Gasteiger partial charge in [-0.2, -0.15) is 12.6 Å². The van der Waals surface area contributed by atoms with Crippen molar-refractivity contribution in [3.05, 3.63) is 0 Å². The largest absolute Gasteiger partial charge is 0.394 e. The van der Waals surface area contributed by atoms with Gasteiger partial charge in [-0.3, -0.25) is 0 Å². The topological polar surface area (TPSA) is 79.2 Å². The second-order valence-corrected chi connectivity index (χ2v) is 5.93. The Morgan fingerprint density at radius 1 is 1.05 bits per heavy atom. The highest BCUT2D eigenvalue weighted by molar-refractivity contribution is 7.81. The van der Waals surface area contributed by atoms with Gasteiger partial charge in [0.15, 0.2) is 6.29 Å². The monoisotopic (exact) mass is 308 g/mol. The minimum atomic E-state index is -0.993. The first kappa shape index (κ1) is 18.2. The maximum absolute atomic E-state index is 9.93. The third-order valence-corrected chi connectivity index (χ3v) is 4.24. The van der Waals surface area contributed by atoms with E-state index in [1.807, 2.05) is 0 Å². The van der Waals surface area contributed by atoms with Gasteiger partial charge in [0, 0.05) is 6.61 Å². The van der Waals surface area contributed by atoms with Crippen molar-refractivity contribution in [3.63, 3.8) is 0 Å². The van der Waals surface area contributed by atoms with Gasteiger partial charge in [0.05, 0.1) is 18.0 Å². The smallest absolute Gasteiger partial charge is 0.185 e. The fourth-order valence-corrected chi connectivity index (χ4v) is 2.62. The van der Waals surface area contributed by atoms with E-state index < -0.39 is 29.9 Å². The van der Waals surface area contributed by atoms with Gasteiger partial charge in [0.2, 0.25) is 0 Å². The predicted octanol–water partition coefficient (Wildman–Crippen LogP) is 1.10. The quantitative estimate of drug-likeness (QED) is 0.379. The Labute approximate surface area is 126 Å². The van der Waals surface area contributed by atoms with Crippen LogP contribution >= 0.6 is 12.6 Å². The van der Waals surface area contributed by atoms with E-state index in [9.17, 15) is 10.2 Å². The molecule has 1 aliphatic rings. The van der Waals surface area contributed by atoms with E-state index in [1.165, 1.54) is 25.7 Å². The molecule has 1 saturated heterocycles. The van der Waals surface area contributed by atoms with E-state index in [0.29, 0.717) is 6.61 Å². The van der Waals surface area contributed by atoms with Crippen molar-refractivity contribution in [2.24, 2.45) is 0 Å². The van der Waals surface area contributed by atoms with Gasteiger partial charge in [-0.25, -0.2) is 0 Å². The van der Waals surface area contributed by atoms with E-state index in [4.69, 9.17) is 14.6 Å². The summed E-state index contributed by atoms with van der Waals surface area (Å²) in [6.07, 6.45) is 3.39. The standard InChI is InChI=1S/C14H28O5S/c1-2-3-4-5-6-7-8-18-14-12(17)13(20)11(16)10(9-15)19-14/h10-17,20H,2-9H2,1H3/t10-,11-,12-,13+,14?/m1/s1. The summed E-state index contributed by atoms with van der Waals surface area (Å²) in [5.74, 6) is 0. The van der Waals surface area contributed by atoms with Crippen LogP contribution in [0, 0.1) is 0 Å². The summed E-state index contributed by atoms with van der Waals surface area (Å²) in [6.45, 7) is 2.37. The van der Waals surface area contributed by atoms with Crippen LogP contribution in [0.25, 0.3) is 0 Å². The lowest BCUT2D eigenvalue weighted by Gasteiger charge is -2.40. The van der Waals surface area contributed by atoms with Crippen molar-refractivity contribution < 1.29 is 24.8 Å². The highest BCUT2D eigenvalue weighted by atomic mass is 32.1. The van der Waals surface area contributed by atoms with Crippen molar-refractivity contribution in [2.45, 2.75) is 75.3 Å². The zero-order chi connectivity index (χ0) is 15.0. The number of unbranched alkanes of at least 4 members (excludes halogenated alkanes) is 5. The summed E-state index contributed by atoms with van der Waals surface area (Å²) in [5.41, 5.74) is 0. The Hall–Kier alpha value is 0.150. The van der Waals surface area contributed by atoms with Crippen LogP contribution in [0.15, 0.2) is 0 Å². The molecule has 0 aromatic heterocycles. The normalized spacial score (nSPS) is 34.4. The molecule has 0 amide bonds. The predicted molar refractivity (Wildman–Crippen MR) is 79.9 cm³/mol. The van der Waals surface area contributed by atoms with Gasteiger partial charge in [0.25, 0.3) is 0 Å². The maximum atomic E-state index is 9.93. The van der Waals surface area contributed by atoms with Crippen LogP contribution in [0.1, 0.15) is 45.4 Å². The number of hydrogen-bond donors (Lipinski definition) is 4. The number of aliphatic hydroxyl groups excluding tert-OH is 3. The zero-order valence-corrected chi connectivity index (χ0v) is 13.0. The molecular formula is C14H28O5S. The molecule has 3 N–H and O–H groups in total. The second-order valence-electron chi connectivity index (χ2n) is 5.34. The minimum Gasteiger partial charge on any atom is -0.394 e. The number of ether oxygens (including phenoxy) is 2. The Morgan fingerprint density at radius 3 is 2.35 bits per heavy atom. The average molecular weight is 308 g/mol. The van der Waals surface area contributed by atoms with Crippen molar-refractivity contribution in [3.8, 4) is 0 Å². The first-order valence-electron chi connectivity index (χ1n) is 7.54. The summed E-state index contributed by atoms with van der Waals surface area (Å²) in [5, 5.41) is 28.1. The van der Waals surface area contributed by atoms with Crippen molar-refractivity contribution in [1.82, 2.24) is 0 Å². The molecule has 0 radical (unpaired) electrons. The fourth-order valence-electron chi connectivity index (χ4n) is 2.29. The molecule has 0 aromatic rings. The first-order chi connectivity index (χ1) is 9.61. The molecule has 0 aliphatic carbocycles. The van der Waals surface area contributed by atoms with E-state index in [1.54, 1.807) is 0 Å². The van der Waals surface area contributed by atoms with Crippen molar-refractivity contribution in [1.29, 1.82) is 0 Å². The van der Waals surface area contributed by atoms with Crippen LogP contribution in [0.4, 0.5) is 0 Å². The van der Waals surface area contributed by atoms with Gasteiger partial charge in [-0.1, -0.05) is 39.0 Å². The lowest BCUT2D eigenvalue weighted by Crippen LogP contribution is -2.57. The molecule has 1 aliphatic heterocycles. The summed E-state index contributed by atoms with van der Waals surface area (Å²) in [4.78, 5) is 0. The highest BCUT2D eigenvalue weighted by Crippen LogP contribution is 2.25. The molecular weight excluding hydrogens is 280 g/mol. The summed E-state index contributed by atoms with van der Waals surface area (Å²) in [6, 6.07) is 0. The van der Waals surface area contributed by atoms with Gasteiger partial charge >= 0.3 is 0 Å². The molecule has 1 heterocycles. The summed E-state index contributed by atoms with van der Waals surface area (Å²) < 4.78 is 10.9. The molecule has 6 heteroatoms. The van der Waals surface area contributed by atoms with Gasteiger partial charge < -0.3 is 24.8 Å². The Balaban J connectivity index is 2.21. The van der Waals surface area contributed by atoms with Gasteiger partial charge in [0.1, 0.15) is 12.2 Å². The molecule has 1 fully saturated rings. The molecule has 0 aromatic carbocycles. The molecule has 0 spiro atoms. The maximum Gasteiger partial charge on any atom is 0.185 e. The number of hydrogen-bond acceptors (Lipinski definition) is 6. The van der Waals surface area contributed by atoms with E-state index in [0.717, 1.165) is 12.8 Å². The number of aliphatic hydroxyl groups is 3. The van der Waals surface area contributed by atoms with Gasteiger partial charge in [-0.15, -0.1) is 0 Å². The SMILES string of the molecule is CCCCCCCCOC1O[C@H](CO)[C@@H](O)[C@H](S)[C@H]1O. The molecule has 120 valence electrons. The van der Waals surface area contributed by atoms with E-state index >= 15 is 0 Å². The van der Waals surface area contributed by atoms with Crippen LogP contribution in [-0.4, -0.2) is 58.4 Å². The zero-order valence-electron chi connectivity index (χ0n) is 12.1. The van der Waals surface area contributed by atoms with Crippen LogP contribution in [-0.2, 0) is 9.47 Å². The molecule has 20 heavy (non-hydrogen) atoms. The highest BCUT2D eigenvalue weighted by Gasteiger charge is 2.42. The third kappa shape index (κ3) is 5.50. The Kier molecular flexibility index (Phi) is 9.08. The average Bonchev–Trinajstić information content (AvgIpc) is 2.46. The van der Waals surface area contributed by atoms with Crippen LogP contribution in [0.3, 0.4) is 0 Å². The lowest BCUT2D eigenvalue weighted by molar-refractivity contribution is -0.267. The molecule has 5 atom stereocenters. The second kappa shape index (κ2) is 9.97. The Bertz CT molecular complexity index is 252. The number of thiol groups is 1. The molecule has 0 saturated carbocycles. The molecule has 1 unspecified atom stereocenters. The van der Waals surface area contributed by atoms with Crippen molar-refractivity contribution in [2.75, 3.05) is 13.2 Å². The third-order valence-electron chi connectivity index (χ3n) is 3.63. The van der Waals surface area contributed by atoms with Crippen LogP contribution < -0.4 is 0 Å². The van der Waals surface area contributed by atoms with Gasteiger partial charge in [-0.05, 0) is 6.42 Å². The van der Waals surface area contributed by atoms with E-state index in [2.05, 4.69) is 19.6 Å². The first-order valence-corrected chi connectivity index (χ1v) is 8.05. The van der Waals surface area contributed by atoms with Crippen LogP contribution in [0.5, 0.6) is 0 Å². The molecule has 0 bridgehead atoms. The number of rotatable bonds is 9. The minimum absolute atomic E-state index is 0.318. The Morgan fingerprint density at radius 2 is 1.70 bits per heavy atom. The molecule has 1 rings (SSSR count). The van der Waals surface area contributed by atoms with Crippen molar-refractivity contribution >= 4 is 12.6 Å². The lowest BCUT2D eigenvalue weighted by atomic mass is 10.0. The van der Waals surface area contributed by atoms with E-state index in [-0.39, 0.29) is 6.61 Å². The summed E-state index contributed by atoms with van der Waals surface area (Å²) in [7, 11) is 0.